The van der Waals surface area contributed by atoms with Gasteiger partial charge in [-0.25, -0.2) is 0 Å². The van der Waals surface area contributed by atoms with Gasteiger partial charge in [0.2, 0.25) is 5.91 Å². The fourth-order valence-corrected chi connectivity index (χ4v) is 2.54. The first-order valence-corrected chi connectivity index (χ1v) is 6.39. The Hall–Kier alpha value is -2.29. The minimum absolute atomic E-state index is 0.0402. The quantitative estimate of drug-likeness (QED) is 0.845. The van der Waals surface area contributed by atoms with Crippen LogP contribution in [0.1, 0.15) is 28.4 Å². The summed E-state index contributed by atoms with van der Waals surface area (Å²) in [5, 5.41) is 2.90. The Morgan fingerprint density at radius 3 is 2.74 bits per heavy atom. The van der Waals surface area contributed by atoms with Crippen molar-refractivity contribution in [2.75, 3.05) is 5.32 Å². The number of H-pyrrole nitrogens is 1. The van der Waals surface area contributed by atoms with E-state index in [4.69, 9.17) is 0 Å². The highest BCUT2D eigenvalue weighted by Crippen LogP contribution is 2.33. The van der Waals surface area contributed by atoms with Crippen LogP contribution in [0.4, 0.5) is 5.69 Å². The Labute approximate surface area is 112 Å². The van der Waals surface area contributed by atoms with Crippen molar-refractivity contribution in [1.82, 2.24) is 4.98 Å². The third kappa shape index (κ3) is 2.08. The number of anilines is 1. The molecule has 2 N–H and O–H groups in total. The van der Waals surface area contributed by atoms with E-state index >= 15 is 0 Å². The van der Waals surface area contributed by atoms with E-state index in [9.17, 15) is 4.79 Å². The molecular weight excluding hydrogens is 236 g/mol. The number of hydrogen-bond donors (Lipinski definition) is 2. The van der Waals surface area contributed by atoms with Gasteiger partial charge in [-0.2, -0.15) is 0 Å². The molecule has 0 aliphatic carbocycles. The van der Waals surface area contributed by atoms with Gasteiger partial charge in [-0.15, -0.1) is 0 Å². The molecule has 1 aromatic heterocycles. The second-order valence-electron chi connectivity index (χ2n) is 4.96. The van der Waals surface area contributed by atoms with E-state index in [0.717, 1.165) is 22.6 Å². The molecule has 3 nitrogen and oxygen atoms in total. The van der Waals surface area contributed by atoms with Gasteiger partial charge < -0.3 is 10.3 Å². The van der Waals surface area contributed by atoms with E-state index in [2.05, 4.69) is 23.3 Å². The summed E-state index contributed by atoms with van der Waals surface area (Å²) in [6.45, 7) is 4.09. The molecule has 1 aliphatic heterocycles. The number of hydrogen-bond acceptors (Lipinski definition) is 1. The van der Waals surface area contributed by atoms with Crippen LogP contribution in [0.5, 0.6) is 0 Å². The Morgan fingerprint density at radius 2 is 2.00 bits per heavy atom. The average Bonchev–Trinajstić information content (AvgIpc) is 2.86. The van der Waals surface area contributed by atoms with Gasteiger partial charge in [0.1, 0.15) is 0 Å². The number of carbonyl (C=O) groups is 1. The summed E-state index contributed by atoms with van der Waals surface area (Å²) < 4.78 is 0. The molecule has 0 saturated heterocycles. The Morgan fingerprint density at radius 1 is 1.21 bits per heavy atom. The maximum Gasteiger partial charge on any atom is 0.235 e. The standard InChI is InChI=1S/C16H16N2O/c1-10-9-11(2)17-14(10)8-7-13-12-5-3-4-6-15(12)18-16(13)19/h3-9,13,17H,1-2H3,(H,18,19)/b8-7+. The lowest BCUT2D eigenvalue weighted by Crippen LogP contribution is -2.09. The van der Waals surface area contributed by atoms with E-state index in [-0.39, 0.29) is 11.8 Å². The number of aromatic amines is 1. The van der Waals surface area contributed by atoms with Crippen molar-refractivity contribution in [3.8, 4) is 0 Å². The van der Waals surface area contributed by atoms with Crippen LogP contribution in [0.25, 0.3) is 6.08 Å². The molecule has 1 unspecified atom stereocenters. The third-order valence-corrected chi connectivity index (χ3v) is 3.48. The Bertz CT molecular complexity index is 667. The molecule has 0 radical (unpaired) electrons. The van der Waals surface area contributed by atoms with Crippen LogP contribution < -0.4 is 5.32 Å². The topological polar surface area (TPSA) is 44.9 Å². The number of rotatable bonds is 2. The smallest absolute Gasteiger partial charge is 0.235 e. The molecule has 0 fully saturated rings. The monoisotopic (exact) mass is 252 g/mol. The first-order valence-electron chi connectivity index (χ1n) is 6.39. The SMILES string of the molecule is Cc1cc(C)c(/C=C/C2C(=O)Nc3ccccc32)[nH]1. The highest BCUT2D eigenvalue weighted by Gasteiger charge is 2.27. The molecule has 96 valence electrons. The summed E-state index contributed by atoms with van der Waals surface area (Å²) in [4.78, 5) is 15.3. The van der Waals surface area contributed by atoms with E-state index in [1.165, 1.54) is 5.56 Å². The van der Waals surface area contributed by atoms with Crippen LogP contribution in [0.15, 0.2) is 36.4 Å². The average molecular weight is 252 g/mol. The number of nitrogens with one attached hydrogen (secondary N) is 2. The number of para-hydroxylation sites is 1. The number of amides is 1. The molecule has 1 amide bonds. The lowest BCUT2D eigenvalue weighted by molar-refractivity contribution is -0.116. The zero-order valence-electron chi connectivity index (χ0n) is 11.0. The van der Waals surface area contributed by atoms with Crippen molar-refractivity contribution in [3.63, 3.8) is 0 Å². The van der Waals surface area contributed by atoms with Crippen molar-refractivity contribution in [1.29, 1.82) is 0 Å². The molecule has 2 aromatic rings. The largest absolute Gasteiger partial charge is 0.359 e. The summed E-state index contributed by atoms with van der Waals surface area (Å²) >= 11 is 0. The predicted octanol–water partition coefficient (Wildman–Crippen LogP) is 3.38. The lowest BCUT2D eigenvalue weighted by atomic mass is 10.00. The summed E-state index contributed by atoms with van der Waals surface area (Å²) in [6.07, 6.45) is 3.95. The van der Waals surface area contributed by atoms with Gasteiger partial charge in [-0.3, -0.25) is 4.79 Å². The molecule has 3 rings (SSSR count). The van der Waals surface area contributed by atoms with Gasteiger partial charge in [0.25, 0.3) is 0 Å². The zero-order chi connectivity index (χ0) is 13.4. The third-order valence-electron chi connectivity index (χ3n) is 3.48. The normalized spacial score (nSPS) is 17.8. The fraction of sp³-hybridized carbons (Fsp3) is 0.188. The number of benzene rings is 1. The predicted molar refractivity (Wildman–Crippen MR) is 77.1 cm³/mol. The summed E-state index contributed by atoms with van der Waals surface area (Å²) in [7, 11) is 0. The van der Waals surface area contributed by atoms with Crippen molar-refractivity contribution in [3.05, 3.63) is 58.9 Å². The van der Waals surface area contributed by atoms with Gasteiger partial charge in [0.15, 0.2) is 0 Å². The molecule has 0 spiro atoms. The zero-order valence-corrected chi connectivity index (χ0v) is 11.0. The van der Waals surface area contributed by atoms with Crippen molar-refractivity contribution in [2.45, 2.75) is 19.8 Å². The Kier molecular flexibility index (Phi) is 2.75. The van der Waals surface area contributed by atoms with Crippen LogP contribution in [0.2, 0.25) is 0 Å². The highest BCUT2D eigenvalue weighted by molar-refractivity contribution is 6.04. The second-order valence-corrected chi connectivity index (χ2v) is 4.96. The number of fused-ring (bicyclic) bond motifs is 1. The molecule has 19 heavy (non-hydrogen) atoms. The first-order chi connectivity index (χ1) is 9.15. The van der Waals surface area contributed by atoms with E-state index in [1.54, 1.807) is 0 Å². The van der Waals surface area contributed by atoms with E-state index in [1.807, 2.05) is 43.3 Å². The van der Waals surface area contributed by atoms with E-state index in [0.29, 0.717) is 0 Å². The lowest BCUT2D eigenvalue weighted by Gasteiger charge is -2.01. The fourth-order valence-electron chi connectivity index (χ4n) is 2.54. The summed E-state index contributed by atoms with van der Waals surface area (Å²) in [5.74, 6) is -0.155. The van der Waals surface area contributed by atoms with Gasteiger partial charge in [0.05, 0.1) is 5.92 Å². The van der Waals surface area contributed by atoms with E-state index < -0.39 is 0 Å². The number of aromatic nitrogens is 1. The van der Waals surface area contributed by atoms with Crippen LogP contribution in [0, 0.1) is 13.8 Å². The number of aryl methyl sites for hydroxylation is 2. The molecule has 0 bridgehead atoms. The molecule has 1 aromatic carbocycles. The minimum Gasteiger partial charge on any atom is -0.359 e. The Balaban J connectivity index is 1.92. The van der Waals surface area contributed by atoms with Crippen LogP contribution in [-0.4, -0.2) is 10.9 Å². The van der Waals surface area contributed by atoms with Crippen molar-refractivity contribution < 1.29 is 4.79 Å². The van der Waals surface area contributed by atoms with Gasteiger partial charge in [-0.05, 0) is 43.2 Å². The molecule has 1 aliphatic rings. The second kappa shape index (κ2) is 4.43. The first kappa shape index (κ1) is 11.8. The summed E-state index contributed by atoms with van der Waals surface area (Å²) in [6, 6.07) is 9.93. The maximum atomic E-state index is 12.0. The molecular formula is C16H16N2O. The van der Waals surface area contributed by atoms with Gasteiger partial charge in [0, 0.05) is 17.1 Å². The molecule has 2 heterocycles. The van der Waals surface area contributed by atoms with Gasteiger partial charge >= 0.3 is 0 Å². The van der Waals surface area contributed by atoms with Gasteiger partial charge in [-0.1, -0.05) is 24.3 Å². The van der Waals surface area contributed by atoms with Crippen molar-refractivity contribution in [2.24, 2.45) is 0 Å². The molecule has 3 heteroatoms. The van der Waals surface area contributed by atoms with Crippen LogP contribution >= 0.6 is 0 Å². The minimum atomic E-state index is -0.195. The summed E-state index contributed by atoms with van der Waals surface area (Å²) in [5.41, 5.74) is 5.36. The van der Waals surface area contributed by atoms with Crippen LogP contribution in [-0.2, 0) is 4.79 Å². The molecule has 0 saturated carbocycles. The highest BCUT2D eigenvalue weighted by atomic mass is 16.2. The van der Waals surface area contributed by atoms with Crippen molar-refractivity contribution >= 4 is 17.7 Å². The number of carbonyl (C=O) groups excluding carboxylic acids is 1. The molecule has 1 atom stereocenters. The van der Waals surface area contributed by atoms with Crippen LogP contribution in [0.3, 0.4) is 0 Å². The maximum absolute atomic E-state index is 12.0.